The molecule has 1 N–H and O–H groups in total. The molecule has 0 aromatic heterocycles. The number of sulfonamides is 2. The van der Waals surface area contributed by atoms with Crippen molar-refractivity contribution in [3.05, 3.63) is 84.7 Å². The van der Waals surface area contributed by atoms with Crippen LogP contribution in [0.25, 0.3) is 0 Å². The highest BCUT2D eigenvalue weighted by atomic mass is 32.2. The van der Waals surface area contributed by atoms with E-state index < -0.39 is 25.9 Å². The second-order valence-electron chi connectivity index (χ2n) is 8.49. The van der Waals surface area contributed by atoms with Gasteiger partial charge in [-0.3, -0.25) is 14.0 Å². The molecule has 0 spiro atoms. The van der Waals surface area contributed by atoms with Gasteiger partial charge in [-0.2, -0.15) is 4.31 Å². The summed E-state index contributed by atoms with van der Waals surface area (Å²) >= 11 is 0. The molecular formula is C25H27FN4O5S2. The van der Waals surface area contributed by atoms with Crippen molar-refractivity contribution in [3.63, 3.8) is 0 Å². The largest absolute Gasteiger partial charge is 0.325 e. The van der Waals surface area contributed by atoms with E-state index in [0.717, 1.165) is 6.07 Å². The summed E-state index contributed by atoms with van der Waals surface area (Å²) in [5.74, 6) is -1.17. The van der Waals surface area contributed by atoms with E-state index in [0.29, 0.717) is 11.4 Å². The normalized spacial score (nSPS) is 15.3. The van der Waals surface area contributed by atoms with Gasteiger partial charge in [-0.25, -0.2) is 21.2 Å². The van der Waals surface area contributed by atoms with Crippen LogP contribution in [0.5, 0.6) is 0 Å². The number of carbonyl (C=O) groups excluding carboxylic acids is 1. The third-order valence-electron chi connectivity index (χ3n) is 6.05. The Hall–Kier alpha value is -3.32. The Kier molecular flexibility index (Phi) is 7.93. The summed E-state index contributed by atoms with van der Waals surface area (Å²) in [6, 6.07) is 19.9. The molecular weight excluding hydrogens is 519 g/mol. The second-order valence-corrected chi connectivity index (χ2v) is 12.4. The molecule has 9 nitrogen and oxygen atoms in total. The van der Waals surface area contributed by atoms with Gasteiger partial charge in [0.05, 0.1) is 17.1 Å². The molecule has 1 aliphatic rings. The summed E-state index contributed by atoms with van der Waals surface area (Å²) in [6.07, 6.45) is 0. The number of anilines is 2. The molecule has 4 rings (SSSR count). The average Bonchev–Trinajstić information content (AvgIpc) is 2.89. The van der Waals surface area contributed by atoms with Gasteiger partial charge in [-0.15, -0.1) is 0 Å². The van der Waals surface area contributed by atoms with E-state index in [1.807, 2.05) is 0 Å². The molecule has 3 aromatic carbocycles. The van der Waals surface area contributed by atoms with Gasteiger partial charge in [-0.1, -0.05) is 36.4 Å². The molecule has 1 aliphatic heterocycles. The molecule has 12 heteroatoms. The van der Waals surface area contributed by atoms with E-state index in [9.17, 15) is 26.0 Å². The van der Waals surface area contributed by atoms with Crippen LogP contribution in [0.1, 0.15) is 0 Å². The lowest BCUT2D eigenvalue weighted by atomic mass is 10.3. The lowest BCUT2D eigenvalue weighted by molar-refractivity contribution is -0.117. The van der Waals surface area contributed by atoms with E-state index in [1.165, 1.54) is 46.0 Å². The van der Waals surface area contributed by atoms with Crippen LogP contribution < -0.4 is 9.62 Å². The first-order valence-electron chi connectivity index (χ1n) is 11.5. The van der Waals surface area contributed by atoms with Gasteiger partial charge < -0.3 is 5.32 Å². The van der Waals surface area contributed by atoms with Crippen molar-refractivity contribution < 1.29 is 26.0 Å². The maximum atomic E-state index is 14.0. The number of hydrogen-bond donors (Lipinski definition) is 1. The Morgan fingerprint density at radius 3 is 2.22 bits per heavy atom. The first-order valence-corrected chi connectivity index (χ1v) is 14.4. The van der Waals surface area contributed by atoms with Crippen molar-refractivity contribution in [2.45, 2.75) is 9.79 Å². The van der Waals surface area contributed by atoms with E-state index in [4.69, 9.17) is 0 Å². The summed E-state index contributed by atoms with van der Waals surface area (Å²) in [4.78, 5) is 14.1. The minimum Gasteiger partial charge on any atom is -0.325 e. The molecule has 0 aliphatic carbocycles. The minimum absolute atomic E-state index is 0.00547. The number of piperazine rings is 1. The fraction of sp³-hybridized carbons (Fsp3) is 0.240. The summed E-state index contributed by atoms with van der Waals surface area (Å²) in [5.41, 5.74) is 0.835. The predicted molar refractivity (Wildman–Crippen MR) is 139 cm³/mol. The van der Waals surface area contributed by atoms with Crippen LogP contribution in [0.3, 0.4) is 0 Å². The van der Waals surface area contributed by atoms with Gasteiger partial charge in [0.1, 0.15) is 10.7 Å². The van der Waals surface area contributed by atoms with Gasteiger partial charge in [0.2, 0.25) is 15.9 Å². The number of benzene rings is 3. The first-order chi connectivity index (χ1) is 17.6. The second kappa shape index (κ2) is 11.0. The molecule has 0 radical (unpaired) electrons. The molecule has 196 valence electrons. The lowest BCUT2D eigenvalue weighted by Crippen LogP contribution is -2.50. The van der Waals surface area contributed by atoms with Gasteiger partial charge in [0.15, 0.2) is 0 Å². The van der Waals surface area contributed by atoms with Crippen LogP contribution in [-0.2, 0) is 24.8 Å². The fourth-order valence-corrected chi connectivity index (χ4v) is 6.72. The van der Waals surface area contributed by atoms with Crippen LogP contribution in [0.15, 0.2) is 88.7 Å². The number of carbonyl (C=O) groups is 1. The lowest BCUT2D eigenvalue weighted by Gasteiger charge is -2.33. The van der Waals surface area contributed by atoms with Gasteiger partial charge in [0, 0.05) is 38.9 Å². The number of nitrogens with one attached hydrogen (secondary N) is 1. The zero-order valence-electron chi connectivity index (χ0n) is 20.1. The first kappa shape index (κ1) is 26.7. The Morgan fingerprint density at radius 1 is 0.892 bits per heavy atom. The number of rotatable bonds is 8. The maximum Gasteiger partial charge on any atom is 0.264 e. The van der Waals surface area contributed by atoms with Crippen molar-refractivity contribution in [2.24, 2.45) is 0 Å². The van der Waals surface area contributed by atoms with Crippen LogP contribution >= 0.6 is 0 Å². The number of halogens is 1. The Morgan fingerprint density at radius 2 is 1.54 bits per heavy atom. The summed E-state index contributed by atoms with van der Waals surface area (Å²) < 4.78 is 68.0. The molecule has 1 saturated heterocycles. The molecule has 1 heterocycles. The van der Waals surface area contributed by atoms with Gasteiger partial charge >= 0.3 is 0 Å². The zero-order valence-corrected chi connectivity index (χ0v) is 21.8. The number of nitrogens with zero attached hydrogens (tertiary/aromatic N) is 3. The van der Waals surface area contributed by atoms with Crippen molar-refractivity contribution in [3.8, 4) is 0 Å². The predicted octanol–water partition coefficient (Wildman–Crippen LogP) is 2.60. The summed E-state index contributed by atoms with van der Waals surface area (Å²) in [7, 11) is -6.35. The van der Waals surface area contributed by atoms with E-state index in [-0.39, 0.29) is 48.4 Å². The van der Waals surface area contributed by atoms with Gasteiger partial charge in [0.25, 0.3) is 10.0 Å². The minimum atomic E-state index is -3.97. The number of para-hydroxylation sites is 1. The van der Waals surface area contributed by atoms with Gasteiger partial charge in [-0.05, 0) is 42.5 Å². The molecule has 0 saturated carbocycles. The van der Waals surface area contributed by atoms with E-state index in [1.54, 1.807) is 47.4 Å². The quantitative estimate of drug-likeness (QED) is 0.466. The van der Waals surface area contributed by atoms with Crippen LogP contribution in [0.2, 0.25) is 0 Å². The molecule has 37 heavy (non-hydrogen) atoms. The highest BCUT2D eigenvalue weighted by Gasteiger charge is 2.31. The Labute approximate surface area is 216 Å². The highest BCUT2D eigenvalue weighted by Crippen LogP contribution is 2.24. The smallest absolute Gasteiger partial charge is 0.264 e. The Bertz CT molecular complexity index is 1480. The van der Waals surface area contributed by atoms with Crippen molar-refractivity contribution in [1.29, 1.82) is 0 Å². The maximum absolute atomic E-state index is 14.0. The molecule has 1 amide bonds. The van der Waals surface area contributed by atoms with Crippen molar-refractivity contribution in [1.82, 2.24) is 9.21 Å². The highest BCUT2D eigenvalue weighted by molar-refractivity contribution is 7.92. The van der Waals surface area contributed by atoms with Crippen LogP contribution in [-0.4, -0.2) is 71.7 Å². The van der Waals surface area contributed by atoms with Crippen LogP contribution in [0, 0.1) is 5.82 Å². The topological polar surface area (TPSA) is 107 Å². The third kappa shape index (κ3) is 5.99. The Balaban J connectivity index is 1.36. The fourth-order valence-electron chi connectivity index (χ4n) is 3.99. The van der Waals surface area contributed by atoms with Crippen molar-refractivity contribution >= 4 is 37.3 Å². The van der Waals surface area contributed by atoms with E-state index >= 15 is 0 Å². The van der Waals surface area contributed by atoms with Crippen molar-refractivity contribution in [2.75, 3.05) is 49.4 Å². The molecule has 1 fully saturated rings. The summed E-state index contributed by atoms with van der Waals surface area (Å²) in [5, 5.41) is 2.71. The molecule has 0 bridgehead atoms. The number of amides is 1. The number of hydrogen-bond acceptors (Lipinski definition) is 6. The SMILES string of the molecule is CN(c1ccccc1)S(=O)(=O)c1cccc(NC(=O)CN2CCN(S(=O)(=O)c3ccccc3F)CC2)c1. The molecule has 0 unspecified atom stereocenters. The molecule has 0 atom stereocenters. The zero-order chi connectivity index (χ0) is 26.6. The average molecular weight is 547 g/mol. The monoisotopic (exact) mass is 546 g/mol. The molecule has 3 aromatic rings. The third-order valence-corrected chi connectivity index (χ3v) is 9.76. The van der Waals surface area contributed by atoms with E-state index in [2.05, 4.69) is 5.32 Å². The van der Waals surface area contributed by atoms with Crippen LogP contribution in [0.4, 0.5) is 15.8 Å². The summed E-state index contributed by atoms with van der Waals surface area (Å²) in [6.45, 7) is 0.802. The standard InChI is InChI=1S/C25H27FN4O5S2/c1-28(21-9-3-2-4-10-21)36(32,33)22-11-7-8-20(18-22)27-25(31)19-29-14-16-30(17-15-29)37(34,35)24-13-6-5-12-23(24)26/h2-13,18H,14-17,19H2,1H3,(H,27,31).